The van der Waals surface area contributed by atoms with Gasteiger partial charge in [0.1, 0.15) is 17.5 Å². The highest BCUT2D eigenvalue weighted by molar-refractivity contribution is 6.30. The van der Waals surface area contributed by atoms with Gasteiger partial charge in [0.2, 0.25) is 0 Å². The smallest absolute Gasteiger partial charge is 0.264 e. The Morgan fingerprint density at radius 3 is 2.84 bits per heavy atom. The molecule has 0 unspecified atom stereocenters. The fourth-order valence-electron chi connectivity index (χ4n) is 3.31. The molecule has 0 fully saturated rings. The number of amides is 1. The lowest BCUT2D eigenvalue weighted by atomic mass is 10.2. The molecule has 2 heterocycles. The van der Waals surface area contributed by atoms with Crippen LogP contribution in [0.3, 0.4) is 0 Å². The maximum absolute atomic E-state index is 12.8. The molecule has 9 heteroatoms. The van der Waals surface area contributed by atoms with Crippen LogP contribution in [0.25, 0.3) is 11.0 Å². The summed E-state index contributed by atoms with van der Waals surface area (Å²) in [5.41, 5.74) is 1.65. The lowest BCUT2D eigenvalue weighted by molar-refractivity contribution is 0.0949. The number of fused-ring (bicyclic) bond motifs is 1. The van der Waals surface area contributed by atoms with E-state index in [0.717, 1.165) is 5.56 Å². The third-order valence-electron chi connectivity index (χ3n) is 4.82. The lowest BCUT2D eigenvalue weighted by Crippen LogP contribution is -2.28. The van der Waals surface area contributed by atoms with Gasteiger partial charge in [-0.2, -0.15) is 5.10 Å². The Morgan fingerprint density at radius 1 is 1.19 bits per heavy atom. The molecule has 1 amide bonds. The highest BCUT2D eigenvalue weighted by Crippen LogP contribution is 2.17. The molecular weight excluding hydrogens is 418 g/mol. The van der Waals surface area contributed by atoms with Crippen LogP contribution < -0.4 is 15.6 Å². The van der Waals surface area contributed by atoms with E-state index >= 15 is 0 Å². The van der Waals surface area contributed by atoms with Gasteiger partial charge < -0.3 is 10.1 Å². The molecule has 2 aromatic heterocycles. The van der Waals surface area contributed by atoms with Crippen LogP contribution in [0.5, 0.6) is 5.75 Å². The molecule has 0 atom stereocenters. The molecule has 158 valence electrons. The van der Waals surface area contributed by atoms with Gasteiger partial charge in [-0.15, -0.1) is 0 Å². The van der Waals surface area contributed by atoms with Crippen molar-refractivity contribution in [3.05, 3.63) is 87.6 Å². The molecule has 0 aliphatic heterocycles. The fourth-order valence-corrected chi connectivity index (χ4v) is 3.52. The van der Waals surface area contributed by atoms with E-state index in [2.05, 4.69) is 15.4 Å². The van der Waals surface area contributed by atoms with Gasteiger partial charge in [-0.1, -0.05) is 35.9 Å². The van der Waals surface area contributed by atoms with Gasteiger partial charge in [0, 0.05) is 11.6 Å². The normalized spacial score (nSPS) is 10.9. The topological polar surface area (TPSA) is 91.0 Å². The zero-order valence-electron chi connectivity index (χ0n) is 16.8. The standard InChI is InChI=1S/C22H20ClN5O3/c1-31-19-8-3-2-7-17(19)21(29)24-9-10-28-20-18(12-26-28)22(30)27(14-25-20)13-15-5-4-6-16(23)11-15/h2-8,11-12,14H,9-10,13H2,1H3,(H,24,29). The van der Waals surface area contributed by atoms with E-state index in [1.807, 2.05) is 18.2 Å². The number of rotatable bonds is 7. The van der Waals surface area contributed by atoms with Crippen LogP contribution in [0, 0.1) is 0 Å². The summed E-state index contributed by atoms with van der Waals surface area (Å²) in [7, 11) is 1.52. The molecule has 1 N–H and O–H groups in total. The monoisotopic (exact) mass is 437 g/mol. The zero-order valence-corrected chi connectivity index (χ0v) is 17.5. The molecule has 0 spiro atoms. The van der Waals surface area contributed by atoms with E-state index < -0.39 is 0 Å². The second-order valence-electron chi connectivity index (χ2n) is 6.87. The summed E-state index contributed by atoms with van der Waals surface area (Å²) in [6.07, 6.45) is 3.00. The Labute approximate surface area is 183 Å². The van der Waals surface area contributed by atoms with Gasteiger partial charge in [-0.05, 0) is 29.8 Å². The highest BCUT2D eigenvalue weighted by Gasteiger charge is 2.13. The van der Waals surface area contributed by atoms with Crippen LogP contribution in [0.4, 0.5) is 0 Å². The SMILES string of the molecule is COc1ccccc1C(=O)NCCn1ncc2c(=O)n(Cc3cccc(Cl)c3)cnc21. The molecule has 2 aromatic carbocycles. The maximum atomic E-state index is 12.8. The zero-order chi connectivity index (χ0) is 21.8. The first-order valence-electron chi connectivity index (χ1n) is 9.63. The summed E-state index contributed by atoms with van der Waals surface area (Å²) in [4.78, 5) is 29.6. The molecule has 0 saturated carbocycles. The average Bonchev–Trinajstić information content (AvgIpc) is 3.19. The summed E-state index contributed by atoms with van der Waals surface area (Å²) in [6.45, 7) is 1.05. The van der Waals surface area contributed by atoms with Crippen molar-refractivity contribution in [3.63, 3.8) is 0 Å². The molecule has 8 nitrogen and oxygen atoms in total. The highest BCUT2D eigenvalue weighted by atomic mass is 35.5. The second-order valence-corrected chi connectivity index (χ2v) is 7.31. The molecule has 0 radical (unpaired) electrons. The van der Waals surface area contributed by atoms with E-state index in [1.54, 1.807) is 35.0 Å². The molecule has 4 rings (SSSR count). The molecule has 0 bridgehead atoms. The first kappa shape index (κ1) is 20.6. The van der Waals surface area contributed by atoms with Crippen molar-refractivity contribution < 1.29 is 9.53 Å². The molecule has 0 saturated heterocycles. The number of halogens is 1. The van der Waals surface area contributed by atoms with Gasteiger partial charge in [-0.25, -0.2) is 9.67 Å². The third-order valence-corrected chi connectivity index (χ3v) is 5.06. The second kappa shape index (κ2) is 9.01. The van der Waals surface area contributed by atoms with Crippen molar-refractivity contribution in [2.45, 2.75) is 13.1 Å². The number of carbonyl (C=O) groups is 1. The van der Waals surface area contributed by atoms with E-state index in [9.17, 15) is 9.59 Å². The van der Waals surface area contributed by atoms with Crippen molar-refractivity contribution in [1.82, 2.24) is 24.6 Å². The number of aromatic nitrogens is 4. The van der Waals surface area contributed by atoms with E-state index in [4.69, 9.17) is 16.3 Å². The van der Waals surface area contributed by atoms with Crippen LogP contribution in [0.1, 0.15) is 15.9 Å². The van der Waals surface area contributed by atoms with Crippen LogP contribution in [-0.2, 0) is 13.1 Å². The predicted octanol–water partition coefficient (Wildman–Crippen LogP) is 2.73. The summed E-state index contributed by atoms with van der Waals surface area (Å²) in [5, 5.41) is 8.13. The Balaban J connectivity index is 1.46. The van der Waals surface area contributed by atoms with Crippen molar-refractivity contribution >= 4 is 28.5 Å². The van der Waals surface area contributed by atoms with E-state index in [-0.39, 0.29) is 11.5 Å². The molecule has 4 aromatic rings. The van der Waals surface area contributed by atoms with Gasteiger partial charge >= 0.3 is 0 Å². The molecule has 0 aliphatic rings. The van der Waals surface area contributed by atoms with Crippen LogP contribution in [0.2, 0.25) is 5.02 Å². The number of benzene rings is 2. The van der Waals surface area contributed by atoms with Crippen molar-refractivity contribution in [3.8, 4) is 5.75 Å². The Morgan fingerprint density at radius 2 is 2.03 bits per heavy atom. The third kappa shape index (κ3) is 4.44. The summed E-state index contributed by atoms with van der Waals surface area (Å²) in [6, 6.07) is 14.3. The predicted molar refractivity (Wildman–Crippen MR) is 118 cm³/mol. The Kier molecular flexibility index (Phi) is 5.99. The number of hydrogen-bond acceptors (Lipinski definition) is 5. The van der Waals surface area contributed by atoms with Crippen LogP contribution >= 0.6 is 11.6 Å². The first-order valence-corrected chi connectivity index (χ1v) is 10.0. The van der Waals surface area contributed by atoms with E-state index in [0.29, 0.717) is 47.0 Å². The average molecular weight is 438 g/mol. The number of nitrogens with one attached hydrogen (secondary N) is 1. The van der Waals surface area contributed by atoms with Crippen molar-refractivity contribution in [2.75, 3.05) is 13.7 Å². The number of nitrogens with zero attached hydrogens (tertiary/aromatic N) is 4. The molecule has 31 heavy (non-hydrogen) atoms. The lowest BCUT2D eigenvalue weighted by Gasteiger charge is -2.09. The number of ether oxygens (including phenoxy) is 1. The summed E-state index contributed by atoms with van der Waals surface area (Å²) < 4.78 is 8.33. The van der Waals surface area contributed by atoms with Gasteiger partial charge in [0.15, 0.2) is 5.65 Å². The minimum atomic E-state index is -0.245. The fraction of sp³-hybridized carbons (Fsp3) is 0.182. The van der Waals surface area contributed by atoms with Crippen molar-refractivity contribution in [1.29, 1.82) is 0 Å². The Hall–Kier alpha value is -3.65. The largest absolute Gasteiger partial charge is 0.496 e. The number of para-hydroxylation sites is 1. The van der Waals surface area contributed by atoms with Crippen molar-refractivity contribution in [2.24, 2.45) is 0 Å². The van der Waals surface area contributed by atoms with Crippen LogP contribution in [-0.4, -0.2) is 38.9 Å². The van der Waals surface area contributed by atoms with Gasteiger partial charge in [0.25, 0.3) is 11.5 Å². The minimum Gasteiger partial charge on any atom is -0.496 e. The maximum Gasteiger partial charge on any atom is 0.264 e. The number of methoxy groups -OCH3 is 1. The van der Waals surface area contributed by atoms with E-state index in [1.165, 1.54) is 24.2 Å². The first-order chi connectivity index (χ1) is 15.1. The molecular formula is C22H20ClN5O3. The quantitative estimate of drug-likeness (QED) is 0.480. The number of hydrogen-bond donors (Lipinski definition) is 1. The Bertz CT molecular complexity index is 1300. The number of carbonyl (C=O) groups excluding carboxylic acids is 1. The van der Waals surface area contributed by atoms with Gasteiger partial charge in [0.05, 0.1) is 32.0 Å². The summed E-state index contributed by atoms with van der Waals surface area (Å²) >= 11 is 6.02. The summed E-state index contributed by atoms with van der Waals surface area (Å²) in [5.74, 6) is 0.261. The molecule has 0 aliphatic carbocycles. The van der Waals surface area contributed by atoms with Crippen LogP contribution in [0.15, 0.2) is 65.8 Å². The van der Waals surface area contributed by atoms with Gasteiger partial charge in [-0.3, -0.25) is 14.2 Å². The minimum absolute atomic E-state index is 0.186.